The molecule has 3 rings (SSSR count). The molecule has 0 spiro atoms. The minimum atomic E-state index is 0.717. The van der Waals surface area contributed by atoms with Crippen LogP contribution in [0, 0.1) is 25.7 Å². The van der Waals surface area contributed by atoms with Crippen LogP contribution >= 0.6 is 0 Å². The van der Waals surface area contributed by atoms with E-state index in [1.807, 2.05) is 0 Å². The second-order valence-corrected chi connectivity index (χ2v) is 9.13. The van der Waals surface area contributed by atoms with Crippen LogP contribution in [0.2, 0.25) is 0 Å². The van der Waals surface area contributed by atoms with Crippen LogP contribution in [-0.2, 0) is 4.74 Å². The third-order valence-electron chi connectivity index (χ3n) is 6.04. The van der Waals surface area contributed by atoms with E-state index in [4.69, 9.17) is 9.47 Å². The molecule has 4 heteroatoms. The normalized spacial score (nSPS) is 14.8. The topological polar surface area (TPSA) is 42.5 Å². The molecule has 1 saturated heterocycles. The minimum absolute atomic E-state index is 0.717. The van der Waals surface area contributed by atoms with E-state index >= 15 is 0 Å². The summed E-state index contributed by atoms with van der Waals surface area (Å²) in [6.07, 6.45) is 6.28. The maximum absolute atomic E-state index is 5.38. The maximum Gasteiger partial charge on any atom is 0.142 e. The van der Waals surface area contributed by atoms with E-state index in [1.165, 1.54) is 36.1 Å². The Bertz CT molecular complexity index is 755. The highest BCUT2D eigenvalue weighted by Crippen LogP contribution is 2.26. The van der Waals surface area contributed by atoms with Crippen LogP contribution < -0.4 is 15.4 Å². The van der Waals surface area contributed by atoms with Gasteiger partial charge in [0.25, 0.3) is 0 Å². The Labute approximate surface area is 196 Å². The SMILES string of the molecule is CCCCC(C)CNc1ccc(C)cc1.COc1cc(C)ccc1NCC1CCOCC1. The quantitative estimate of drug-likeness (QED) is 0.414. The molecule has 1 atom stereocenters. The highest BCUT2D eigenvalue weighted by molar-refractivity contribution is 5.57. The first-order chi connectivity index (χ1) is 15.5. The summed E-state index contributed by atoms with van der Waals surface area (Å²) >= 11 is 0. The molecule has 0 aliphatic carbocycles. The standard InChI is InChI=1S/C14H21NO2.C14H23N/c1-11-3-4-13(14(9-11)16-2)15-10-12-5-7-17-8-6-12;1-4-5-6-13(3)11-15-14-9-7-12(2)8-10-14/h3-4,9,12,15H,5-8,10H2,1-2H3;7-10,13,15H,4-6,11H2,1-3H3. The maximum atomic E-state index is 5.38. The molecule has 0 aromatic heterocycles. The molecule has 0 saturated carbocycles. The summed E-state index contributed by atoms with van der Waals surface area (Å²) < 4.78 is 10.7. The second kappa shape index (κ2) is 14.8. The molecule has 32 heavy (non-hydrogen) atoms. The van der Waals surface area contributed by atoms with Gasteiger partial charge in [0.1, 0.15) is 5.75 Å². The smallest absolute Gasteiger partial charge is 0.142 e. The first kappa shape index (κ1) is 26.1. The highest BCUT2D eigenvalue weighted by atomic mass is 16.5. The molecule has 178 valence electrons. The van der Waals surface area contributed by atoms with Gasteiger partial charge in [-0.15, -0.1) is 0 Å². The molecule has 1 aliphatic rings. The van der Waals surface area contributed by atoms with Gasteiger partial charge in [0.15, 0.2) is 0 Å². The lowest BCUT2D eigenvalue weighted by molar-refractivity contribution is 0.0699. The van der Waals surface area contributed by atoms with Crippen molar-refractivity contribution in [2.24, 2.45) is 11.8 Å². The van der Waals surface area contributed by atoms with Gasteiger partial charge >= 0.3 is 0 Å². The van der Waals surface area contributed by atoms with Gasteiger partial charge in [0.05, 0.1) is 12.8 Å². The summed E-state index contributed by atoms with van der Waals surface area (Å²) in [7, 11) is 1.72. The third kappa shape index (κ3) is 9.95. The third-order valence-corrected chi connectivity index (χ3v) is 6.04. The average molecular weight is 441 g/mol. The van der Waals surface area contributed by atoms with Crippen molar-refractivity contribution in [2.75, 3.05) is 44.0 Å². The molecule has 4 nitrogen and oxygen atoms in total. The number of anilines is 2. The summed E-state index contributed by atoms with van der Waals surface area (Å²) in [5.41, 5.74) is 4.87. The molecular weight excluding hydrogens is 396 g/mol. The number of hydrogen-bond acceptors (Lipinski definition) is 4. The Hall–Kier alpha value is -2.20. The molecule has 0 radical (unpaired) electrons. The van der Waals surface area contributed by atoms with Gasteiger partial charge in [-0.3, -0.25) is 0 Å². The van der Waals surface area contributed by atoms with Gasteiger partial charge in [-0.25, -0.2) is 0 Å². The van der Waals surface area contributed by atoms with E-state index in [-0.39, 0.29) is 0 Å². The number of unbranched alkanes of at least 4 members (excludes halogenated alkanes) is 1. The number of aryl methyl sites for hydroxylation is 2. The van der Waals surface area contributed by atoms with E-state index in [0.29, 0.717) is 0 Å². The van der Waals surface area contributed by atoms with Crippen molar-refractivity contribution >= 4 is 11.4 Å². The summed E-state index contributed by atoms with van der Waals surface area (Å²) in [5, 5.41) is 6.96. The number of rotatable bonds is 10. The molecular formula is C28H44N2O2. The number of ether oxygens (including phenoxy) is 2. The molecule has 0 bridgehead atoms. The Morgan fingerprint density at radius 2 is 1.69 bits per heavy atom. The molecule has 2 N–H and O–H groups in total. The van der Waals surface area contributed by atoms with Crippen molar-refractivity contribution in [3.63, 3.8) is 0 Å². The second-order valence-electron chi connectivity index (χ2n) is 9.13. The summed E-state index contributed by atoms with van der Waals surface area (Å²) in [6, 6.07) is 14.9. The number of methoxy groups -OCH3 is 1. The fourth-order valence-electron chi connectivity index (χ4n) is 3.77. The monoisotopic (exact) mass is 440 g/mol. The summed E-state index contributed by atoms with van der Waals surface area (Å²) in [4.78, 5) is 0. The zero-order valence-corrected chi connectivity index (χ0v) is 20.9. The zero-order valence-electron chi connectivity index (χ0n) is 20.9. The van der Waals surface area contributed by atoms with Crippen molar-refractivity contribution in [2.45, 2.75) is 59.8 Å². The first-order valence-corrected chi connectivity index (χ1v) is 12.3. The lowest BCUT2D eigenvalue weighted by Gasteiger charge is -2.23. The Morgan fingerprint density at radius 3 is 2.34 bits per heavy atom. The lowest BCUT2D eigenvalue weighted by atomic mass is 10.0. The van der Waals surface area contributed by atoms with Crippen LogP contribution in [0.1, 0.15) is 57.1 Å². The highest BCUT2D eigenvalue weighted by Gasteiger charge is 2.14. The molecule has 1 fully saturated rings. The van der Waals surface area contributed by atoms with Crippen LogP contribution in [-0.4, -0.2) is 33.4 Å². The van der Waals surface area contributed by atoms with Crippen LogP contribution in [0.15, 0.2) is 42.5 Å². The van der Waals surface area contributed by atoms with E-state index < -0.39 is 0 Å². The van der Waals surface area contributed by atoms with Gasteiger partial charge in [-0.2, -0.15) is 0 Å². The fourth-order valence-corrected chi connectivity index (χ4v) is 3.77. The van der Waals surface area contributed by atoms with E-state index in [9.17, 15) is 0 Å². The van der Waals surface area contributed by atoms with Crippen molar-refractivity contribution < 1.29 is 9.47 Å². The van der Waals surface area contributed by atoms with E-state index in [1.54, 1.807) is 7.11 Å². The molecule has 1 aliphatic heterocycles. The minimum Gasteiger partial charge on any atom is -0.495 e. The number of nitrogens with one attached hydrogen (secondary N) is 2. The van der Waals surface area contributed by atoms with Crippen molar-refractivity contribution in [3.8, 4) is 5.75 Å². The molecule has 2 aromatic carbocycles. The Morgan fingerprint density at radius 1 is 1.00 bits per heavy atom. The van der Waals surface area contributed by atoms with Gasteiger partial charge in [-0.1, -0.05) is 50.5 Å². The van der Waals surface area contributed by atoms with Gasteiger partial charge in [0.2, 0.25) is 0 Å². The van der Waals surface area contributed by atoms with Crippen molar-refractivity contribution in [3.05, 3.63) is 53.6 Å². The Kier molecular flexibility index (Phi) is 12.0. The van der Waals surface area contributed by atoms with Crippen LogP contribution in [0.25, 0.3) is 0 Å². The number of benzene rings is 2. The lowest BCUT2D eigenvalue weighted by Crippen LogP contribution is -2.22. The van der Waals surface area contributed by atoms with Crippen molar-refractivity contribution in [1.29, 1.82) is 0 Å². The molecule has 2 aromatic rings. The Balaban J connectivity index is 0.000000229. The van der Waals surface area contributed by atoms with Gasteiger partial charge in [-0.05, 0) is 74.8 Å². The van der Waals surface area contributed by atoms with Crippen molar-refractivity contribution in [1.82, 2.24) is 0 Å². The van der Waals surface area contributed by atoms with Crippen LogP contribution in [0.4, 0.5) is 11.4 Å². The predicted molar refractivity (Wildman–Crippen MR) is 138 cm³/mol. The molecule has 1 unspecified atom stereocenters. The van der Waals surface area contributed by atoms with Gasteiger partial charge < -0.3 is 20.1 Å². The fraction of sp³-hybridized carbons (Fsp3) is 0.571. The van der Waals surface area contributed by atoms with Crippen LogP contribution in [0.3, 0.4) is 0 Å². The molecule has 0 amide bonds. The summed E-state index contributed by atoms with van der Waals surface area (Å²) in [6.45, 7) is 12.6. The first-order valence-electron chi connectivity index (χ1n) is 12.3. The number of hydrogen-bond donors (Lipinski definition) is 2. The van der Waals surface area contributed by atoms with Gasteiger partial charge in [0, 0.05) is 32.0 Å². The van der Waals surface area contributed by atoms with E-state index in [2.05, 4.69) is 80.8 Å². The van der Waals surface area contributed by atoms with E-state index in [0.717, 1.165) is 62.4 Å². The molecule has 1 heterocycles. The van der Waals surface area contributed by atoms with Crippen LogP contribution in [0.5, 0.6) is 5.75 Å². The predicted octanol–water partition coefficient (Wildman–Crippen LogP) is 7.08. The average Bonchev–Trinajstić information content (AvgIpc) is 2.82. The zero-order chi connectivity index (χ0) is 23.2. The largest absolute Gasteiger partial charge is 0.495 e. The summed E-state index contributed by atoms with van der Waals surface area (Å²) in [5.74, 6) is 2.41.